The fourth-order valence-electron chi connectivity index (χ4n) is 2.82. The van der Waals surface area contributed by atoms with Gasteiger partial charge in [-0.1, -0.05) is 20.3 Å². The average Bonchev–Trinajstić information content (AvgIpc) is 3.08. The van der Waals surface area contributed by atoms with E-state index in [1.165, 1.54) is 51.7 Å². The van der Waals surface area contributed by atoms with Crippen LogP contribution in [0, 0.1) is 5.92 Å². The average molecular weight is 224 g/mol. The molecule has 2 fully saturated rings. The lowest BCUT2D eigenvalue weighted by molar-refractivity contribution is 0.0427. The second-order valence-electron chi connectivity index (χ2n) is 6.07. The Morgan fingerprint density at radius 2 is 2.06 bits per heavy atom. The van der Waals surface area contributed by atoms with Crippen LogP contribution in [0.25, 0.3) is 0 Å². The van der Waals surface area contributed by atoms with Crippen LogP contribution in [0.15, 0.2) is 0 Å². The fraction of sp³-hybridized carbons (Fsp3) is 1.00. The summed E-state index contributed by atoms with van der Waals surface area (Å²) < 4.78 is 0. The van der Waals surface area contributed by atoms with Crippen molar-refractivity contribution in [3.8, 4) is 0 Å². The van der Waals surface area contributed by atoms with Crippen LogP contribution < -0.4 is 5.32 Å². The monoisotopic (exact) mass is 224 g/mol. The quantitative estimate of drug-likeness (QED) is 0.772. The molecule has 0 bridgehead atoms. The van der Waals surface area contributed by atoms with E-state index in [9.17, 15) is 0 Å². The normalized spacial score (nSPS) is 36.6. The minimum atomic E-state index is 0.410. The number of hydrogen-bond acceptors (Lipinski definition) is 2. The first kappa shape index (κ1) is 12.4. The van der Waals surface area contributed by atoms with Crippen LogP contribution in [0.4, 0.5) is 0 Å². The molecule has 2 atom stereocenters. The van der Waals surface area contributed by atoms with E-state index in [1.54, 1.807) is 0 Å². The Morgan fingerprint density at radius 3 is 2.62 bits per heavy atom. The maximum absolute atomic E-state index is 3.74. The summed E-state index contributed by atoms with van der Waals surface area (Å²) in [6.45, 7) is 10.9. The van der Waals surface area contributed by atoms with Gasteiger partial charge in [0.15, 0.2) is 0 Å². The minimum Gasteiger partial charge on any atom is -0.311 e. The number of hydrogen-bond donors (Lipinski definition) is 1. The molecule has 2 unspecified atom stereocenters. The molecule has 0 amide bonds. The summed E-state index contributed by atoms with van der Waals surface area (Å²) >= 11 is 0. The van der Waals surface area contributed by atoms with Crippen molar-refractivity contribution in [1.29, 1.82) is 0 Å². The molecule has 1 aliphatic heterocycles. The highest BCUT2D eigenvalue weighted by atomic mass is 15.3. The molecular formula is C14H28N2. The summed E-state index contributed by atoms with van der Waals surface area (Å²) in [4.78, 5) is 2.78. The van der Waals surface area contributed by atoms with E-state index in [-0.39, 0.29) is 0 Å². The maximum Gasteiger partial charge on any atom is 0.0304 e. The Kier molecular flexibility index (Phi) is 3.91. The van der Waals surface area contributed by atoms with Gasteiger partial charge >= 0.3 is 0 Å². The second-order valence-corrected chi connectivity index (χ2v) is 6.07. The SMILES string of the molecule is CCCC1CN(CC2CC2)C(C)(CC)CN1. The van der Waals surface area contributed by atoms with E-state index in [0.717, 1.165) is 12.0 Å². The van der Waals surface area contributed by atoms with E-state index < -0.39 is 0 Å². The molecule has 2 heteroatoms. The Morgan fingerprint density at radius 1 is 1.31 bits per heavy atom. The van der Waals surface area contributed by atoms with Crippen molar-refractivity contribution in [2.24, 2.45) is 5.92 Å². The third-order valence-corrected chi connectivity index (χ3v) is 4.55. The zero-order valence-corrected chi connectivity index (χ0v) is 11.3. The van der Waals surface area contributed by atoms with E-state index >= 15 is 0 Å². The molecule has 1 aliphatic carbocycles. The smallest absolute Gasteiger partial charge is 0.0304 e. The molecule has 0 radical (unpaired) electrons. The zero-order chi connectivity index (χ0) is 11.6. The summed E-state index contributed by atoms with van der Waals surface area (Å²) in [6.07, 6.45) is 6.86. The topological polar surface area (TPSA) is 15.3 Å². The van der Waals surface area contributed by atoms with Gasteiger partial charge in [0.1, 0.15) is 0 Å². The zero-order valence-electron chi connectivity index (χ0n) is 11.3. The predicted molar refractivity (Wildman–Crippen MR) is 69.7 cm³/mol. The predicted octanol–water partition coefficient (Wildman–Crippen LogP) is 2.64. The first-order chi connectivity index (χ1) is 7.68. The fourth-order valence-corrected chi connectivity index (χ4v) is 2.82. The minimum absolute atomic E-state index is 0.410. The van der Waals surface area contributed by atoms with Gasteiger partial charge in [-0.15, -0.1) is 0 Å². The van der Waals surface area contributed by atoms with Gasteiger partial charge < -0.3 is 5.32 Å². The van der Waals surface area contributed by atoms with Crippen LogP contribution in [0.5, 0.6) is 0 Å². The molecule has 94 valence electrons. The maximum atomic E-state index is 3.74. The Hall–Kier alpha value is -0.0800. The van der Waals surface area contributed by atoms with Crippen LogP contribution in [-0.4, -0.2) is 36.1 Å². The molecule has 2 aliphatic rings. The van der Waals surface area contributed by atoms with Gasteiger partial charge in [0.2, 0.25) is 0 Å². The van der Waals surface area contributed by atoms with E-state index in [1.807, 2.05) is 0 Å². The highest BCUT2D eigenvalue weighted by molar-refractivity contribution is 4.96. The Bertz CT molecular complexity index is 225. The van der Waals surface area contributed by atoms with Crippen LogP contribution in [0.2, 0.25) is 0 Å². The largest absolute Gasteiger partial charge is 0.311 e. The van der Waals surface area contributed by atoms with E-state index in [4.69, 9.17) is 0 Å². The van der Waals surface area contributed by atoms with E-state index in [2.05, 4.69) is 31.0 Å². The summed E-state index contributed by atoms with van der Waals surface area (Å²) in [5.74, 6) is 1.02. The van der Waals surface area contributed by atoms with E-state index in [0.29, 0.717) is 5.54 Å². The lowest BCUT2D eigenvalue weighted by atomic mass is 9.91. The van der Waals surface area contributed by atoms with Crippen molar-refractivity contribution < 1.29 is 0 Å². The van der Waals surface area contributed by atoms with Gasteiger partial charge in [-0.05, 0) is 38.5 Å². The summed E-state index contributed by atoms with van der Waals surface area (Å²) in [5.41, 5.74) is 0.410. The van der Waals surface area contributed by atoms with Crippen molar-refractivity contribution in [1.82, 2.24) is 10.2 Å². The Labute approximate surface area is 101 Å². The van der Waals surface area contributed by atoms with Crippen molar-refractivity contribution in [2.75, 3.05) is 19.6 Å². The molecule has 2 rings (SSSR count). The molecule has 1 saturated carbocycles. The number of nitrogens with zero attached hydrogens (tertiary/aromatic N) is 1. The van der Waals surface area contributed by atoms with Gasteiger partial charge in [-0.2, -0.15) is 0 Å². The van der Waals surface area contributed by atoms with Gasteiger partial charge in [0, 0.05) is 31.2 Å². The van der Waals surface area contributed by atoms with Crippen LogP contribution >= 0.6 is 0 Å². The van der Waals surface area contributed by atoms with Gasteiger partial charge in [-0.3, -0.25) is 4.90 Å². The molecule has 0 spiro atoms. The molecule has 0 aromatic heterocycles. The molecule has 1 heterocycles. The van der Waals surface area contributed by atoms with Crippen LogP contribution in [0.3, 0.4) is 0 Å². The van der Waals surface area contributed by atoms with Crippen molar-refractivity contribution >= 4 is 0 Å². The first-order valence-electron chi connectivity index (χ1n) is 7.16. The molecule has 1 saturated heterocycles. The summed E-state index contributed by atoms with van der Waals surface area (Å²) in [6, 6.07) is 0.739. The van der Waals surface area contributed by atoms with Gasteiger partial charge in [0.05, 0.1) is 0 Å². The Balaban J connectivity index is 1.94. The standard InChI is InChI=1S/C14H28N2/c1-4-6-13-10-16(9-12-7-8-12)14(3,5-2)11-15-13/h12-13,15H,4-11H2,1-3H3. The number of rotatable bonds is 5. The highest BCUT2D eigenvalue weighted by Gasteiger charge is 2.38. The van der Waals surface area contributed by atoms with Crippen molar-refractivity contribution in [3.63, 3.8) is 0 Å². The molecule has 0 aromatic carbocycles. The number of piperazine rings is 1. The van der Waals surface area contributed by atoms with Crippen LogP contribution in [-0.2, 0) is 0 Å². The highest BCUT2D eigenvalue weighted by Crippen LogP contribution is 2.34. The first-order valence-corrected chi connectivity index (χ1v) is 7.16. The third kappa shape index (κ3) is 2.78. The molecular weight excluding hydrogens is 196 g/mol. The lowest BCUT2D eigenvalue weighted by Crippen LogP contribution is -2.63. The lowest BCUT2D eigenvalue weighted by Gasteiger charge is -2.48. The summed E-state index contributed by atoms with van der Waals surface area (Å²) in [5, 5.41) is 3.74. The molecule has 0 aromatic rings. The van der Waals surface area contributed by atoms with Crippen molar-refractivity contribution in [3.05, 3.63) is 0 Å². The molecule has 16 heavy (non-hydrogen) atoms. The van der Waals surface area contributed by atoms with Crippen LogP contribution in [0.1, 0.15) is 52.9 Å². The van der Waals surface area contributed by atoms with Crippen molar-refractivity contribution in [2.45, 2.75) is 64.5 Å². The van der Waals surface area contributed by atoms with Gasteiger partial charge in [-0.25, -0.2) is 0 Å². The molecule has 1 N–H and O–H groups in total. The third-order valence-electron chi connectivity index (χ3n) is 4.55. The second kappa shape index (κ2) is 5.05. The number of nitrogens with one attached hydrogen (secondary N) is 1. The van der Waals surface area contributed by atoms with Gasteiger partial charge in [0.25, 0.3) is 0 Å². The summed E-state index contributed by atoms with van der Waals surface area (Å²) in [7, 11) is 0. The molecule has 2 nitrogen and oxygen atoms in total.